The Morgan fingerprint density at radius 3 is 1.81 bits per heavy atom. The lowest BCUT2D eigenvalue weighted by molar-refractivity contribution is 0.669. The largest absolute Gasteiger partial charge is 0.456 e. The van der Waals surface area contributed by atoms with Crippen LogP contribution in [0.4, 0.5) is 0 Å². The van der Waals surface area contributed by atoms with Crippen LogP contribution in [0.2, 0.25) is 0 Å². The predicted octanol–water partition coefficient (Wildman–Crippen LogP) is 13.4. The highest BCUT2D eigenvalue weighted by Gasteiger charge is 2.23. The molecule has 0 bridgehead atoms. The molecule has 8 aromatic carbocycles. The zero-order valence-corrected chi connectivity index (χ0v) is 30.4. The maximum absolute atomic E-state index is 6.58. The summed E-state index contributed by atoms with van der Waals surface area (Å²) < 4.78 is 15.1. The van der Waals surface area contributed by atoms with E-state index in [4.69, 9.17) is 23.8 Å². The standard InChI is InChI=1S/C51H30N4O2/c1-3-15-31(16-4-1)40-29-33(30-41-36-20-8-11-26-43(36)57-48(40)41)34-22-13-23-37-35-19-7-10-25-42(35)55(47(34)37)51-53-49(32-17-5-2-6-18-32)52-50(54-51)39-24-14-28-45-46(39)38-21-9-12-27-44(38)56-45/h1-30H. The molecule has 12 rings (SSSR count). The molecule has 0 unspecified atom stereocenters. The van der Waals surface area contributed by atoms with Crippen molar-refractivity contribution in [2.45, 2.75) is 0 Å². The first kappa shape index (κ1) is 31.5. The molecule has 0 amide bonds. The molecule has 0 atom stereocenters. The summed E-state index contributed by atoms with van der Waals surface area (Å²) in [6.45, 7) is 0. The van der Waals surface area contributed by atoms with Gasteiger partial charge in [0, 0.05) is 54.6 Å². The van der Waals surface area contributed by atoms with Crippen molar-refractivity contribution in [1.29, 1.82) is 0 Å². The molecule has 266 valence electrons. The summed E-state index contributed by atoms with van der Waals surface area (Å²) in [7, 11) is 0. The number of rotatable bonds is 5. The lowest BCUT2D eigenvalue weighted by Gasteiger charge is -2.14. The van der Waals surface area contributed by atoms with E-state index in [0.29, 0.717) is 17.6 Å². The molecular weight excluding hydrogens is 701 g/mol. The van der Waals surface area contributed by atoms with Gasteiger partial charge in [0.05, 0.1) is 11.0 Å². The van der Waals surface area contributed by atoms with Gasteiger partial charge in [-0.25, -0.2) is 4.98 Å². The average Bonchev–Trinajstić information content (AvgIpc) is 3.96. The molecular formula is C51H30N4O2. The Kier molecular flexibility index (Phi) is 6.83. The Hall–Kier alpha value is -7.83. The molecule has 0 aliphatic rings. The van der Waals surface area contributed by atoms with Gasteiger partial charge in [-0.05, 0) is 47.5 Å². The fourth-order valence-corrected chi connectivity index (χ4v) is 8.54. The zero-order valence-electron chi connectivity index (χ0n) is 30.4. The van der Waals surface area contributed by atoms with Crippen molar-refractivity contribution in [3.8, 4) is 51.0 Å². The van der Waals surface area contributed by atoms with Gasteiger partial charge in [-0.3, -0.25) is 4.57 Å². The molecule has 4 heterocycles. The van der Waals surface area contributed by atoms with E-state index in [9.17, 15) is 0 Å². The molecule has 6 nitrogen and oxygen atoms in total. The normalized spacial score (nSPS) is 11.9. The summed E-state index contributed by atoms with van der Waals surface area (Å²) >= 11 is 0. The van der Waals surface area contributed by atoms with Gasteiger partial charge >= 0.3 is 0 Å². The quantitative estimate of drug-likeness (QED) is 0.176. The van der Waals surface area contributed by atoms with Crippen molar-refractivity contribution in [2.24, 2.45) is 0 Å². The number of hydrogen-bond acceptors (Lipinski definition) is 5. The monoisotopic (exact) mass is 730 g/mol. The molecule has 0 aliphatic heterocycles. The molecule has 0 saturated carbocycles. The number of para-hydroxylation sites is 4. The van der Waals surface area contributed by atoms with E-state index in [0.717, 1.165) is 99.1 Å². The highest BCUT2D eigenvalue weighted by Crippen LogP contribution is 2.44. The topological polar surface area (TPSA) is 69.9 Å². The average molecular weight is 731 g/mol. The second kappa shape index (κ2) is 12.3. The Balaban J connectivity index is 1.18. The van der Waals surface area contributed by atoms with E-state index in [1.54, 1.807) is 0 Å². The van der Waals surface area contributed by atoms with Crippen molar-refractivity contribution >= 4 is 65.7 Å². The first-order valence-electron chi connectivity index (χ1n) is 19.0. The highest BCUT2D eigenvalue weighted by atomic mass is 16.3. The third-order valence-electron chi connectivity index (χ3n) is 11.1. The summed E-state index contributed by atoms with van der Waals surface area (Å²) in [5.74, 6) is 1.68. The summed E-state index contributed by atoms with van der Waals surface area (Å²) in [6, 6.07) is 62.7. The van der Waals surface area contributed by atoms with Crippen LogP contribution in [0.15, 0.2) is 191 Å². The number of benzene rings is 8. The van der Waals surface area contributed by atoms with Gasteiger partial charge in [-0.2, -0.15) is 9.97 Å². The zero-order chi connectivity index (χ0) is 37.5. The molecule has 0 spiro atoms. The van der Waals surface area contributed by atoms with Crippen LogP contribution >= 0.6 is 0 Å². The smallest absolute Gasteiger partial charge is 0.238 e. The van der Waals surface area contributed by atoms with Crippen molar-refractivity contribution in [2.75, 3.05) is 0 Å². The number of fused-ring (bicyclic) bond motifs is 9. The molecule has 0 fully saturated rings. The van der Waals surface area contributed by atoms with E-state index in [-0.39, 0.29) is 0 Å². The Labute approximate surface area is 325 Å². The van der Waals surface area contributed by atoms with Gasteiger partial charge in [-0.1, -0.05) is 146 Å². The van der Waals surface area contributed by atoms with Crippen molar-refractivity contribution < 1.29 is 8.83 Å². The number of aromatic nitrogens is 4. The van der Waals surface area contributed by atoms with Gasteiger partial charge in [0.15, 0.2) is 11.6 Å². The van der Waals surface area contributed by atoms with Crippen LogP contribution in [-0.4, -0.2) is 19.5 Å². The van der Waals surface area contributed by atoms with Crippen LogP contribution in [0.25, 0.3) is 117 Å². The molecule has 0 aliphatic carbocycles. The fraction of sp³-hybridized carbons (Fsp3) is 0. The van der Waals surface area contributed by atoms with E-state index in [2.05, 4.69) is 108 Å². The van der Waals surface area contributed by atoms with Crippen LogP contribution in [0, 0.1) is 0 Å². The first-order valence-corrected chi connectivity index (χ1v) is 19.0. The second-order valence-corrected chi connectivity index (χ2v) is 14.3. The Morgan fingerprint density at radius 2 is 0.982 bits per heavy atom. The maximum Gasteiger partial charge on any atom is 0.238 e. The number of furan rings is 2. The summed E-state index contributed by atoms with van der Waals surface area (Å²) in [6.07, 6.45) is 0. The van der Waals surface area contributed by atoms with Crippen molar-refractivity contribution in [3.63, 3.8) is 0 Å². The molecule has 0 saturated heterocycles. The van der Waals surface area contributed by atoms with Gasteiger partial charge in [-0.15, -0.1) is 0 Å². The predicted molar refractivity (Wildman–Crippen MR) is 230 cm³/mol. The molecule has 4 aromatic heterocycles. The summed E-state index contributed by atoms with van der Waals surface area (Å²) in [5, 5.41) is 6.35. The summed E-state index contributed by atoms with van der Waals surface area (Å²) in [4.78, 5) is 15.8. The number of hydrogen-bond donors (Lipinski definition) is 0. The van der Waals surface area contributed by atoms with Crippen LogP contribution < -0.4 is 0 Å². The van der Waals surface area contributed by atoms with Crippen LogP contribution in [0.1, 0.15) is 0 Å². The molecule has 57 heavy (non-hydrogen) atoms. The first-order chi connectivity index (χ1) is 28.3. The highest BCUT2D eigenvalue weighted by molar-refractivity contribution is 6.16. The SMILES string of the molecule is c1ccc(-c2nc(-c3cccc4oc5ccccc5c34)nc(-n3c4ccccc4c4cccc(-c5cc(-c6ccccc6)c6oc7ccccc7c6c5)c43)n2)cc1. The number of nitrogens with zero attached hydrogens (tertiary/aromatic N) is 4. The lowest BCUT2D eigenvalue weighted by Crippen LogP contribution is -2.07. The van der Waals surface area contributed by atoms with Crippen molar-refractivity contribution in [1.82, 2.24) is 19.5 Å². The van der Waals surface area contributed by atoms with Crippen LogP contribution in [0.3, 0.4) is 0 Å². The van der Waals surface area contributed by atoms with E-state index in [1.165, 1.54) is 0 Å². The summed E-state index contributed by atoms with van der Waals surface area (Å²) in [5.41, 5.74) is 11.4. The van der Waals surface area contributed by atoms with E-state index >= 15 is 0 Å². The Bertz CT molecular complexity index is 3530. The minimum Gasteiger partial charge on any atom is -0.456 e. The van der Waals surface area contributed by atoms with Gasteiger partial charge in [0.2, 0.25) is 5.95 Å². The third kappa shape index (κ3) is 4.87. The van der Waals surface area contributed by atoms with Crippen molar-refractivity contribution in [3.05, 3.63) is 182 Å². The van der Waals surface area contributed by atoms with Gasteiger partial charge in [0.1, 0.15) is 22.3 Å². The van der Waals surface area contributed by atoms with Gasteiger partial charge in [0.25, 0.3) is 0 Å². The van der Waals surface area contributed by atoms with Crippen LogP contribution in [-0.2, 0) is 0 Å². The minimum absolute atomic E-state index is 0.528. The molecule has 0 radical (unpaired) electrons. The minimum atomic E-state index is 0.528. The second-order valence-electron chi connectivity index (χ2n) is 14.3. The third-order valence-corrected chi connectivity index (χ3v) is 11.1. The van der Waals surface area contributed by atoms with E-state index < -0.39 is 0 Å². The Morgan fingerprint density at radius 1 is 0.368 bits per heavy atom. The maximum atomic E-state index is 6.58. The molecule has 0 N–H and O–H groups in total. The molecule has 12 aromatic rings. The van der Waals surface area contributed by atoms with E-state index in [1.807, 2.05) is 78.9 Å². The van der Waals surface area contributed by atoms with Crippen LogP contribution in [0.5, 0.6) is 0 Å². The lowest BCUT2D eigenvalue weighted by atomic mass is 9.94. The molecule has 6 heteroatoms. The fourth-order valence-electron chi connectivity index (χ4n) is 8.54. The van der Waals surface area contributed by atoms with Gasteiger partial charge < -0.3 is 8.83 Å².